The zero-order valence-corrected chi connectivity index (χ0v) is 8.15. The number of aliphatic hydroxyl groups is 1. The summed E-state index contributed by atoms with van der Waals surface area (Å²) in [5, 5.41) is 17.9. The molecule has 0 amide bonds. The lowest BCUT2D eigenvalue weighted by molar-refractivity contribution is -0.147. The van der Waals surface area contributed by atoms with Gasteiger partial charge in [0.05, 0.1) is 6.10 Å². The van der Waals surface area contributed by atoms with Gasteiger partial charge in [0.15, 0.2) is 5.78 Å². The van der Waals surface area contributed by atoms with Gasteiger partial charge in [0.25, 0.3) is 0 Å². The largest absolute Gasteiger partial charge is 0.481 e. The van der Waals surface area contributed by atoms with E-state index in [-0.39, 0.29) is 0 Å². The number of Topliss-reactive ketones (excluding diaryl/α,β-unsaturated/α-hetero) is 1. The van der Waals surface area contributed by atoms with Crippen LogP contribution in [0.15, 0.2) is 0 Å². The van der Waals surface area contributed by atoms with Crippen molar-refractivity contribution in [3.8, 4) is 0 Å². The van der Waals surface area contributed by atoms with Crippen LogP contribution < -0.4 is 0 Å². The Labute approximate surface area is 77.6 Å². The minimum absolute atomic E-state index is 0.415. The van der Waals surface area contributed by atoms with Gasteiger partial charge in [-0.15, -0.1) is 0 Å². The maximum Gasteiger partial charge on any atom is 0.313 e. The molecule has 0 aromatic heterocycles. The van der Waals surface area contributed by atoms with Crippen molar-refractivity contribution in [1.29, 1.82) is 0 Å². The van der Waals surface area contributed by atoms with E-state index in [9.17, 15) is 14.7 Å². The van der Waals surface area contributed by atoms with Gasteiger partial charge in [-0.05, 0) is 13.3 Å². The highest BCUT2D eigenvalue weighted by atomic mass is 16.4. The maximum absolute atomic E-state index is 11.3. The third kappa shape index (κ3) is 3.14. The number of carbonyl (C=O) groups is 2. The molecular weight excluding hydrogens is 172 g/mol. The summed E-state index contributed by atoms with van der Waals surface area (Å²) in [6.07, 6.45) is -0.284. The summed E-state index contributed by atoms with van der Waals surface area (Å²) in [5.74, 6) is -3.19. The Hall–Kier alpha value is -0.900. The average molecular weight is 188 g/mol. The summed E-state index contributed by atoms with van der Waals surface area (Å²) in [5.41, 5.74) is 0. The predicted octanol–water partition coefficient (Wildman–Crippen LogP) is 0.683. The molecule has 4 heteroatoms. The van der Waals surface area contributed by atoms with Gasteiger partial charge in [0.2, 0.25) is 0 Å². The third-order valence-corrected chi connectivity index (χ3v) is 2.24. The standard InChI is InChI=1S/C9H16O4/c1-4-7(10)5(2)8(11)6(3)9(12)13/h5-7,10H,4H2,1-3H3,(H,12,13)/t5-,6?,7+/m0/s1. The lowest BCUT2D eigenvalue weighted by atomic mass is 9.90. The van der Waals surface area contributed by atoms with Crippen LogP contribution >= 0.6 is 0 Å². The van der Waals surface area contributed by atoms with Crippen LogP contribution in [0.2, 0.25) is 0 Å². The van der Waals surface area contributed by atoms with Gasteiger partial charge in [-0.1, -0.05) is 13.8 Å². The number of rotatable bonds is 5. The first-order valence-corrected chi connectivity index (χ1v) is 4.36. The summed E-state index contributed by atoms with van der Waals surface area (Å²) in [4.78, 5) is 21.8. The molecule has 2 N–H and O–H groups in total. The topological polar surface area (TPSA) is 74.6 Å². The molecule has 0 aliphatic heterocycles. The highest BCUT2D eigenvalue weighted by molar-refractivity contribution is 5.99. The van der Waals surface area contributed by atoms with E-state index >= 15 is 0 Å². The van der Waals surface area contributed by atoms with Gasteiger partial charge in [-0.2, -0.15) is 0 Å². The minimum Gasteiger partial charge on any atom is -0.481 e. The van der Waals surface area contributed by atoms with Crippen LogP contribution in [0.4, 0.5) is 0 Å². The summed E-state index contributed by atoms with van der Waals surface area (Å²) < 4.78 is 0. The summed E-state index contributed by atoms with van der Waals surface area (Å²) in [6, 6.07) is 0. The summed E-state index contributed by atoms with van der Waals surface area (Å²) in [6.45, 7) is 4.64. The van der Waals surface area contributed by atoms with Gasteiger partial charge in [-0.25, -0.2) is 0 Å². The normalized spacial score (nSPS) is 17.5. The van der Waals surface area contributed by atoms with E-state index in [2.05, 4.69) is 0 Å². The second-order valence-electron chi connectivity index (χ2n) is 3.23. The molecule has 0 rings (SSSR count). The molecule has 0 aromatic rings. The van der Waals surface area contributed by atoms with Gasteiger partial charge >= 0.3 is 5.97 Å². The lowest BCUT2D eigenvalue weighted by Crippen LogP contribution is -2.32. The summed E-state index contributed by atoms with van der Waals surface area (Å²) in [7, 11) is 0. The Bertz CT molecular complexity index is 200. The molecule has 0 aliphatic carbocycles. The number of hydrogen-bond donors (Lipinski definition) is 2. The van der Waals surface area contributed by atoms with Gasteiger partial charge in [-0.3, -0.25) is 9.59 Å². The fourth-order valence-electron chi connectivity index (χ4n) is 1.06. The SMILES string of the molecule is CC[C@@H](O)[C@H](C)C(=O)C(C)C(=O)O. The molecule has 0 heterocycles. The van der Waals surface area contributed by atoms with Crippen molar-refractivity contribution in [3.05, 3.63) is 0 Å². The van der Waals surface area contributed by atoms with Crippen molar-refractivity contribution < 1.29 is 19.8 Å². The number of aliphatic hydroxyl groups excluding tert-OH is 1. The zero-order valence-electron chi connectivity index (χ0n) is 8.15. The molecule has 0 radical (unpaired) electrons. The number of aliphatic carboxylic acids is 1. The van der Waals surface area contributed by atoms with E-state index in [0.29, 0.717) is 6.42 Å². The molecule has 0 bridgehead atoms. The van der Waals surface area contributed by atoms with E-state index < -0.39 is 29.7 Å². The maximum atomic E-state index is 11.3. The van der Waals surface area contributed by atoms with Crippen molar-refractivity contribution in [2.24, 2.45) is 11.8 Å². The van der Waals surface area contributed by atoms with Crippen molar-refractivity contribution >= 4 is 11.8 Å². The molecule has 3 atom stereocenters. The fourth-order valence-corrected chi connectivity index (χ4v) is 1.06. The van der Waals surface area contributed by atoms with E-state index in [4.69, 9.17) is 5.11 Å². The number of carboxylic acids is 1. The van der Waals surface area contributed by atoms with Crippen LogP contribution in [0.1, 0.15) is 27.2 Å². The van der Waals surface area contributed by atoms with Crippen molar-refractivity contribution in [3.63, 3.8) is 0 Å². The first-order valence-electron chi connectivity index (χ1n) is 4.36. The van der Waals surface area contributed by atoms with E-state index in [1.165, 1.54) is 6.92 Å². The smallest absolute Gasteiger partial charge is 0.313 e. The van der Waals surface area contributed by atoms with Gasteiger partial charge in [0.1, 0.15) is 5.92 Å². The van der Waals surface area contributed by atoms with Gasteiger partial charge in [0, 0.05) is 5.92 Å². The van der Waals surface area contributed by atoms with Crippen LogP contribution in [0.3, 0.4) is 0 Å². The quantitative estimate of drug-likeness (QED) is 0.622. The second kappa shape index (κ2) is 4.97. The predicted molar refractivity (Wildman–Crippen MR) is 47.3 cm³/mol. The number of carbonyl (C=O) groups excluding carboxylic acids is 1. The number of carboxylic acid groups (broad SMARTS) is 1. The van der Waals surface area contributed by atoms with Crippen LogP contribution in [0.25, 0.3) is 0 Å². The summed E-state index contributed by atoms with van der Waals surface area (Å²) >= 11 is 0. The second-order valence-corrected chi connectivity index (χ2v) is 3.23. The van der Waals surface area contributed by atoms with Crippen LogP contribution in [0.5, 0.6) is 0 Å². The minimum atomic E-state index is -1.14. The molecule has 0 saturated carbocycles. The molecule has 0 spiro atoms. The molecule has 4 nitrogen and oxygen atoms in total. The monoisotopic (exact) mass is 188 g/mol. The lowest BCUT2D eigenvalue weighted by Gasteiger charge is -2.17. The zero-order chi connectivity index (χ0) is 10.6. The van der Waals surface area contributed by atoms with Crippen LogP contribution in [-0.2, 0) is 9.59 Å². The van der Waals surface area contributed by atoms with E-state index in [1.54, 1.807) is 13.8 Å². The third-order valence-electron chi connectivity index (χ3n) is 2.24. The molecular formula is C9H16O4. The Morgan fingerprint density at radius 1 is 1.31 bits per heavy atom. The molecule has 0 aliphatic rings. The van der Waals surface area contributed by atoms with Crippen molar-refractivity contribution in [1.82, 2.24) is 0 Å². The van der Waals surface area contributed by atoms with E-state index in [1.807, 2.05) is 0 Å². The molecule has 0 aromatic carbocycles. The first-order chi connectivity index (χ1) is 5.91. The van der Waals surface area contributed by atoms with Gasteiger partial charge < -0.3 is 10.2 Å². The van der Waals surface area contributed by atoms with Crippen molar-refractivity contribution in [2.45, 2.75) is 33.3 Å². The Balaban J connectivity index is 4.33. The number of ketones is 1. The molecule has 0 fully saturated rings. The Morgan fingerprint density at radius 2 is 1.77 bits per heavy atom. The Kier molecular flexibility index (Phi) is 4.62. The number of hydrogen-bond acceptors (Lipinski definition) is 3. The molecule has 76 valence electrons. The highest BCUT2D eigenvalue weighted by Gasteiger charge is 2.29. The van der Waals surface area contributed by atoms with Crippen molar-refractivity contribution in [2.75, 3.05) is 0 Å². The highest BCUT2D eigenvalue weighted by Crippen LogP contribution is 2.13. The molecule has 13 heavy (non-hydrogen) atoms. The average Bonchev–Trinajstić information content (AvgIpc) is 2.12. The van der Waals surface area contributed by atoms with Crippen LogP contribution in [0, 0.1) is 11.8 Å². The molecule has 0 saturated heterocycles. The van der Waals surface area contributed by atoms with E-state index in [0.717, 1.165) is 0 Å². The first kappa shape index (κ1) is 12.1. The van der Waals surface area contributed by atoms with Crippen LogP contribution in [-0.4, -0.2) is 28.1 Å². The molecule has 1 unspecified atom stereocenters. The Morgan fingerprint density at radius 3 is 2.08 bits per heavy atom. The fraction of sp³-hybridized carbons (Fsp3) is 0.778.